The normalized spacial score (nSPS) is 16.0. The summed E-state index contributed by atoms with van der Waals surface area (Å²) in [5, 5.41) is 6.82. The molecule has 0 aromatic heterocycles. The van der Waals surface area contributed by atoms with Crippen molar-refractivity contribution >= 4 is 53.9 Å². The molecule has 0 aliphatic carbocycles. The first kappa shape index (κ1) is 26.1. The fraction of sp³-hybridized carbons (Fsp3) is 0. The van der Waals surface area contributed by atoms with Gasteiger partial charge >= 0.3 is 0 Å². The van der Waals surface area contributed by atoms with Crippen LogP contribution >= 0.6 is 0 Å². The van der Waals surface area contributed by atoms with E-state index in [4.69, 9.17) is 0 Å². The summed E-state index contributed by atoms with van der Waals surface area (Å²) in [7, 11) is -2.96. The highest BCUT2D eigenvalue weighted by molar-refractivity contribution is 7.89. The summed E-state index contributed by atoms with van der Waals surface area (Å²) in [6.07, 6.45) is 0. The van der Waals surface area contributed by atoms with Gasteiger partial charge in [-0.15, -0.1) is 0 Å². The Labute approximate surface area is 270 Å². The molecule has 2 nitrogen and oxygen atoms in total. The van der Waals surface area contributed by atoms with Crippen LogP contribution in [0.1, 0.15) is 0 Å². The molecule has 216 valence electrons. The minimum absolute atomic E-state index is 0.696. The molecule has 0 saturated heterocycles. The van der Waals surface area contributed by atoms with Crippen LogP contribution in [0.25, 0.3) is 76.8 Å². The van der Waals surface area contributed by atoms with Gasteiger partial charge in [0, 0.05) is 22.3 Å². The maximum absolute atomic E-state index is 14.6. The Hall–Kier alpha value is -5.16. The number of hydrogen-bond acceptors (Lipinski definition) is 2. The molecule has 8 aromatic carbocycles. The molecule has 2 atom stereocenters. The van der Waals surface area contributed by atoms with E-state index in [2.05, 4.69) is 121 Å². The Balaban J connectivity index is 1.15. The lowest BCUT2D eigenvalue weighted by Gasteiger charge is -2.12. The molecule has 2 aliphatic heterocycles. The van der Waals surface area contributed by atoms with Gasteiger partial charge in [-0.3, -0.25) is 0 Å². The summed E-state index contributed by atoms with van der Waals surface area (Å²) in [5.74, 6) is 0. The zero-order valence-corrected chi connectivity index (χ0v) is 26.1. The highest BCUT2D eigenvalue weighted by Gasteiger charge is 2.39. The van der Waals surface area contributed by atoms with E-state index in [1.165, 1.54) is 21.5 Å². The van der Waals surface area contributed by atoms with Crippen molar-refractivity contribution in [2.75, 3.05) is 0 Å². The molecule has 0 saturated carbocycles. The molecule has 0 fully saturated rings. The van der Waals surface area contributed by atoms with Crippen molar-refractivity contribution < 1.29 is 8.42 Å². The van der Waals surface area contributed by atoms with E-state index < -0.39 is 21.6 Å². The van der Waals surface area contributed by atoms with Crippen molar-refractivity contribution in [3.63, 3.8) is 0 Å². The van der Waals surface area contributed by atoms with Crippen LogP contribution in [0, 0.1) is 0 Å². The van der Waals surface area contributed by atoms with E-state index in [9.17, 15) is 8.42 Å². The van der Waals surface area contributed by atoms with Crippen molar-refractivity contribution in [1.82, 2.24) is 0 Å². The third-order valence-electron chi connectivity index (χ3n) is 9.56. The predicted octanol–water partition coefficient (Wildman–Crippen LogP) is 10.8. The molecule has 4 heteroatoms. The Morgan fingerprint density at radius 3 is 1.17 bits per heavy atom. The Morgan fingerprint density at radius 1 is 0.348 bits per heavy atom. The zero-order chi connectivity index (χ0) is 30.5. The van der Waals surface area contributed by atoms with Crippen LogP contribution in [-0.2, 0) is 21.6 Å². The summed E-state index contributed by atoms with van der Waals surface area (Å²) in [5.41, 5.74) is 8.03. The summed E-state index contributed by atoms with van der Waals surface area (Å²) >= 11 is 0. The van der Waals surface area contributed by atoms with Crippen LogP contribution in [0.15, 0.2) is 165 Å². The number of fused-ring (bicyclic) bond motifs is 12. The summed E-state index contributed by atoms with van der Waals surface area (Å²) in [6.45, 7) is 0. The van der Waals surface area contributed by atoms with Gasteiger partial charge in [-0.05, 0) is 78.8 Å². The standard InChI is InChI=1S/C42H24O2S2/c43-45-37-23-31(29-15-13-25-7-1-3-9-27(25)21-29)17-19-35(37)39-33-11-5-6-12-34(33)40-36-20-18-32(24-38(36)46(44)42(40)41(39)45)30-16-14-26-8-2-4-10-28(26)22-30/h1-24H. The Morgan fingerprint density at radius 2 is 0.717 bits per heavy atom. The van der Waals surface area contributed by atoms with E-state index in [0.29, 0.717) is 9.79 Å². The van der Waals surface area contributed by atoms with Crippen LogP contribution in [0.3, 0.4) is 0 Å². The lowest BCUT2D eigenvalue weighted by atomic mass is 9.90. The summed E-state index contributed by atoms with van der Waals surface area (Å²) < 4.78 is 29.1. The van der Waals surface area contributed by atoms with Gasteiger partial charge in [-0.25, -0.2) is 8.42 Å². The van der Waals surface area contributed by atoms with Gasteiger partial charge in [0.15, 0.2) is 0 Å². The Kier molecular flexibility index (Phi) is 5.49. The van der Waals surface area contributed by atoms with E-state index in [0.717, 1.165) is 65.1 Å². The zero-order valence-electron chi connectivity index (χ0n) is 24.5. The molecule has 0 bridgehead atoms. The molecule has 0 amide bonds. The van der Waals surface area contributed by atoms with Crippen LogP contribution in [0.4, 0.5) is 0 Å². The van der Waals surface area contributed by atoms with E-state index >= 15 is 0 Å². The van der Waals surface area contributed by atoms with E-state index in [-0.39, 0.29) is 0 Å². The molecule has 8 aromatic rings. The quantitative estimate of drug-likeness (QED) is 0.192. The van der Waals surface area contributed by atoms with Gasteiger partial charge in [0.05, 0.1) is 41.2 Å². The van der Waals surface area contributed by atoms with Crippen molar-refractivity contribution in [1.29, 1.82) is 0 Å². The van der Waals surface area contributed by atoms with Gasteiger partial charge in [0.1, 0.15) is 0 Å². The monoisotopic (exact) mass is 624 g/mol. The van der Waals surface area contributed by atoms with Gasteiger partial charge < -0.3 is 0 Å². The minimum atomic E-state index is -1.48. The van der Waals surface area contributed by atoms with E-state index in [1.54, 1.807) is 0 Å². The van der Waals surface area contributed by atoms with E-state index in [1.807, 2.05) is 24.3 Å². The highest BCUT2D eigenvalue weighted by atomic mass is 32.2. The molecular formula is C42H24O2S2. The third-order valence-corrected chi connectivity index (χ3v) is 12.7. The molecule has 10 rings (SSSR count). The van der Waals surface area contributed by atoms with Crippen molar-refractivity contribution in [3.8, 4) is 44.5 Å². The SMILES string of the molecule is O=S1c2cc(-c3ccc4ccccc4c3)ccc2-c2c1c1c(c3ccccc23)-c2ccc(-c3ccc4ccccc4c3)cc2S1=O. The largest absolute Gasteiger partial charge is 0.249 e. The Bertz CT molecular complexity index is 2500. The molecule has 0 radical (unpaired) electrons. The second kappa shape index (κ2) is 9.67. The lowest BCUT2D eigenvalue weighted by molar-refractivity contribution is 0.678. The van der Waals surface area contributed by atoms with Crippen molar-refractivity contribution in [2.45, 2.75) is 19.6 Å². The average Bonchev–Trinajstić information content (AvgIpc) is 3.58. The van der Waals surface area contributed by atoms with Crippen LogP contribution in [0.5, 0.6) is 0 Å². The number of benzene rings is 8. The molecular weight excluding hydrogens is 601 g/mol. The summed E-state index contributed by atoms with van der Waals surface area (Å²) in [6, 6.07) is 50.5. The van der Waals surface area contributed by atoms with Crippen LogP contribution < -0.4 is 0 Å². The molecule has 0 N–H and O–H groups in total. The smallest absolute Gasteiger partial charge is 0.0875 e. The van der Waals surface area contributed by atoms with Crippen LogP contribution in [-0.4, -0.2) is 8.42 Å². The fourth-order valence-electron chi connectivity index (χ4n) is 7.36. The topological polar surface area (TPSA) is 34.1 Å². The molecule has 2 aliphatic rings. The maximum Gasteiger partial charge on any atom is 0.0875 e. The first-order chi connectivity index (χ1) is 22.6. The summed E-state index contributed by atoms with van der Waals surface area (Å²) in [4.78, 5) is 2.95. The highest BCUT2D eigenvalue weighted by Crippen LogP contribution is 2.56. The molecule has 2 unspecified atom stereocenters. The fourth-order valence-corrected chi connectivity index (χ4v) is 10.8. The second-order valence-corrected chi connectivity index (χ2v) is 14.8. The molecule has 0 spiro atoms. The van der Waals surface area contributed by atoms with Gasteiger partial charge in [0.25, 0.3) is 0 Å². The van der Waals surface area contributed by atoms with Gasteiger partial charge in [-0.1, -0.05) is 121 Å². The number of hydrogen-bond donors (Lipinski definition) is 0. The predicted molar refractivity (Wildman–Crippen MR) is 190 cm³/mol. The number of rotatable bonds is 2. The molecule has 2 heterocycles. The third kappa shape index (κ3) is 3.63. The maximum atomic E-state index is 14.6. The van der Waals surface area contributed by atoms with Gasteiger partial charge in [-0.2, -0.15) is 0 Å². The van der Waals surface area contributed by atoms with Crippen molar-refractivity contribution in [3.05, 3.63) is 146 Å². The minimum Gasteiger partial charge on any atom is -0.249 e. The lowest BCUT2D eigenvalue weighted by Crippen LogP contribution is -1.97. The average molecular weight is 625 g/mol. The van der Waals surface area contributed by atoms with Gasteiger partial charge in [0.2, 0.25) is 0 Å². The molecule has 46 heavy (non-hydrogen) atoms. The first-order valence-electron chi connectivity index (χ1n) is 15.3. The second-order valence-electron chi connectivity index (χ2n) is 12.0. The van der Waals surface area contributed by atoms with Crippen LogP contribution in [0.2, 0.25) is 0 Å². The van der Waals surface area contributed by atoms with Crippen molar-refractivity contribution in [2.24, 2.45) is 0 Å². The first-order valence-corrected chi connectivity index (χ1v) is 17.6.